The molecule has 0 saturated heterocycles. The summed E-state index contributed by atoms with van der Waals surface area (Å²) in [5, 5.41) is 12.3. The van der Waals surface area contributed by atoms with Gasteiger partial charge in [-0.1, -0.05) is 13.3 Å². The van der Waals surface area contributed by atoms with Crippen molar-refractivity contribution >= 4 is 23.2 Å². The molecule has 1 unspecified atom stereocenters. The molecule has 0 radical (unpaired) electrons. The van der Waals surface area contributed by atoms with Crippen molar-refractivity contribution in [2.75, 3.05) is 7.11 Å². The number of benzene rings is 1. The van der Waals surface area contributed by atoms with Gasteiger partial charge in [0.2, 0.25) is 0 Å². The number of rotatable bonds is 7. The summed E-state index contributed by atoms with van der Waals surface area (Å²) in [5.74, 6) is -0.699. The van der Waals surface area contributed by atoms with Crippen LogP contribution < -0.4 is 10.1 Å². The van der Waals surface area contributed by atoms with Crippen molar-refractivity contribution in [3.05, 3.63) is 35.3 Å². The predicted molar refractivity (Wildman–Crippen MR) is 87.9 cm³/mol. The van der Waals surface area contributed by atoms with Crippen LogP contribution in [0.4, 0.5) is 0 Å². The molecule has 7 heteroatoms. The number of amides is 1. The van der Waals surface area contributed by atoms with Gasteiger partial charge in [-0.2, -0.15) is 0 Å². The maximum atomic E-state index is 12.2. The van der Waals surface area contributed by atoms with E-state index in [1.165, 1.54) is 17.5 Å². The van der Waals surface area contributed by atoms with Crippen LogP contribution in [0.2, 0.25) is 0 Å². The molecule has 6 nitrogen and oxygen atoms in total. The number of nitrogens with zero attached hydrogens (tertiary/aromatic N) is 1. The van der Waals surface area contributed by atoms with Gasteiger partial charge >= 0.3 is 5.97 Å². The molecule has 0 saturated carbocycles. The zero-order chi connectivity index (χ0) is 16.8. The van der Waals surface area contributed by atoms with E-state index in [2.05, 4.69) is 10.3 Å². The third-order valence-electron chi connectivity index (χ3n) is 3.25. The van der Waals surface area contributed by atoms with E-state index < -0.39 is 17.9 Å². The summed E-state index contributed by atoms with van der Waals surface area (Å²) in [7, 11) is 1.59. The lowest BCUT2D eigenvalue weighted by Gasteiger charge is -2.12. The van der Waals surface area contributed by atoms with E-state index in [0.29, 0.717) is 22.7 Å². The van der Waals surface area contributed by atoms with Gasteiger partial charge in [0.05, 0.1) is 13.3 Å². The highest BCUT2D eigenvalue weighted by Gasteiger charge is 2.21. The maximum Gasteiger partial charge on any atom is 0.326 e. The fourth-order valence-electron chi connectivity index (χ4n) is 2.02. The Labute approximate surface area is 138 Å². The van der Waals surface area contributed by atoms with Gasteiger partial charge in [-0.25, -0.2) is 9.78 Å². The van der Waals surface area contributed by atoms with Crippen LogP contribution in [0.5, 0.6) is 5.75 Å². The molecular formula is C16H18N2O4S. The number of carboxylic acids is 1. The molecule has 23 heavy (non-hydrogen) atoms. The van der Waals surface area contributed by atoms with Crippen LogP contribution in [-0.4, -0.2) is 35.1 Å². The molecule has 0 bridgehead atoms. The Kier molecular flexibility index (Phi) is 5.70. The number of hydrogen-bond acceptors (Lipinski definition) is 5. The molecular weight excluding hydrogens is 316 g/mol. The van der Waals surface area contributed by atoms with E-state index in [1.54, 1.807) is 7.11 Å². The molecule has 0 spiro atoms. The zero-order valence-corrected chi connectivity index (χ0v) is 13.7. The number of carbonyl (C=O) groups is 2. The molecule has 1 heterocycles. The average Bonchev–Trinajstić information content (AvgIpc) is 3.04. The Morgan fingerprint density at radius 1 is 1.35 bits per heavy atom. The number of aromatic nitrogens is 1. The molecule has 1 amide bonds. The molecule has 0 aliphatic heterocycles. The first-order chi connectivity index (χ1) is 11.0. The number of carbonyl (C=O) groups excluding carboxylic acids is 1. The van der Waals surface area contributed by atoms with E-state index >= 15 is 0 Å². The Morgan fingerprint density at radius 3 is 2.61 bits per heavy atom. The van der Waals surface area contributed by atoms with Crippen molar-refractivity contribution in [2.45, 2.75) is 25.8 Å². The van der Waals surface area contributed by atoms with E-state index in [4.69, 9.17) is 9.84 Å². The first-order valence-corrected chi connectivity index (χ1v) is 8.00. The van der Waals surface area contributed by atoms with Crippen molar-refractivity contribution in [1.82, 2.24) is 10.3 Å². The summed E-state index contributed by atoms with van der Waals surface area (Å²) < 4.78 is 5.10. The number of ether oxygens (including phenoxy) is 1. The molecule has 0 fully saturated rings. The summed E-state index contributed by atoms with van der Waals surface area (Å²) in [6.07, 6.45) is 2.53. The molecule has 2 aromatic rings. The molecule has 1 atom stereocenters. The minimum Gasteiger partial charge on any atom is -0.497 e. The average molecular weight is 334 g/mol. The van der Waals surface area contributed by atoms with Gasteiger partial charge < -0.3 is 15.2 Å². The first kappa shape index (κ1) is 17.0. The molecule has 122 valence electrons. The Hall–Kier alpha value is -2.41. The van der Waals surface area contributed by atoms with Crippen molar-refractivity contribution in [3.8, 4) is 16.3 Å². The van der Waals surface area contributed by atoms with Crippen LogP contribution in [0, 0.1) is 0 Å². The van der Waals surface area contributed by atoms with Gasteiger partial charge in [0, 0.05) is 5.56 Å². The van der Waals surface area contributed by atoms with Gasteiger partial charge in [-0.15, -0.1) is 11.3 Å². The van der Waals surface area contributed by atoms with Gasteiger partial charge in [0.15, 0.2) is 0 Å². The number of thiazole rings is 1. The van der Waals surface area contributed by atoms with Crippen LogP contribution in [0.15, 0.2) is 30.5 Å². The normalized spacial score (nSPS) is 11.7. The van der Waals surface area contributed by atoms with Crippen LogP contribution >= 0.6 is 11.3 Å². The predicted octanol–water partition coefficient (Wildman–Crippen LogP) is 2.80. The van der Waals surface area contributed by atoms with E-state index in [-0.39, 0.29) is 0 Å². The van der Waals surface area contributed by atoms with Crippen LogP contribution in [-0.2, 0) is 4.79 Å². The Morgan fingerprint density at radius 2 is 2.04 bits per heavy atom. The largest absolute Gasteiger partial charge is 0.497 e. The standard InChI is InChI=1S/C16H18N2O4S/c1-3-4-12(16(20)21)18-14(19)13-9-17-15(23-13)10-5-7-11(22-2)8-6-10/h5-9,12H,3-4H2,1-2H3,(H,18,19)(H,20,21). The molecule has 1 aromatic carbocycles. The smallest absolute Gasteiger partial charge is 0.326 e. The molecule has 0 aliphatic rings. The van der Waals surface area contributed by atoms with Gasteiger partial charge in [-0.05, 0) is 30.7 Å². The number of hydrogen-bond donors (Lipinski definition) is 2. The maximum absolute atomic E-state index is 12.2. The van der Waals surface area contributed by atoms with Crippen molar-refractivity contribution in [1.29, 1.82) is 0 Å². The molecule has 2 rings (SSSR count). The van der Waals surface area contributed by atoms with Gasteiger partial charge in [-0.3, -0.25) is 4.79 Å². The topological polar surface area (TPSA) is 88.5 Å². The second kappa shape index (κ2) is 7.73. The molecule has 0 aliphatic carbocycles. The molecule has 1 aromatic heterocycles. The number of nitrogens with one attached hydrogen (secondary N) is 1. The minimum absolute atomic E-state index is 0.387. The quantitative estimate of drug-likeness (QED) is 0.813. The second-order valence-electron chi connectivity index (χ2n) is 4.91. The lowest BCUT2D eigenvalue weighted by molar-refractivity contribution is -0.139. The fourth-order valence-corrected chi connectivity index (χ4v) is 2.85. The van der Waals surface area contributed by atoms with Crippen molar-refractivity contribution in [2.24, 2.45) is 0 Å². The van der Waals surface area contributed by atoms with Gasteiger partial charge in [0.1, 0.15) is 21.7 Å². The van der Waals surface area contributed by atoms with Crippen molar-refractivity contribution in [3.63, 3.8) is 0 Å². The highest BCUT2D eigenvalue weighted by molar-refractivity contribution is 7.16. The lowest BCUT2D eigenvalue weighted by atomic mass is 10.1. The monoisotopic (exact) mass is 334 g/mol. The third kappa shape index (κ3) is 4.29. The fraction of sp³-hybridized carbons (Fsp3) is 0.312. The summed E-state index contributed by atoms with van der Waals surface area (Å²) in [6, 6.07) is 6.47. The summed E-state index contributed by atoms with van der Waals surface area (Å²) >= 11 is 1.22. The van der Waals surface area contributed by atoms with Crippen LogP contribution in [0.3, 0.4) is 0 Å². The summed E-state index contributed by atoms with van der Waals surface area (Å²) in [5.41, 5.74) is 0.873. The van der Waals surface area contributed by atoms with E-state index in [1.807, 2.05) is 31.2 Å². The third-order valence-corrected chi connectivity index (χ3v) is 4.29. The Bertz CT molecular complexity index is 682. The first-order valence-electron chi connectivity index (χ1n) is 7.19. The number of aliphatic carboxylic acids is 1. The van der Waals surface area contributed by atoms with Crippen molar-refractivity contribution < 1.29 is 19.4 Å². The summed E-state index contributed by atoms with van der Waals surface area (Å²) in [4.78, 5) is 27.9. The van der Waals surface area contributed by atoms with Gasteiger partial charge in [0.25, 0.3) is 5.91 Å². The number of methoxy groups -OCH3 is 1. The second-order valence-corrected chi connectivity index (χ2v) is 5.94. The SMILES string of the molecule is CCCC(NC(=O)c1cnc(-c2ccc(OC)cc2)s1)C(=O)O. The van der Waals surface area contributed by atoms with E-state index in [9.17, 15) is 9.59 Å². The minimum atomic E-state index is -1.03. The highest BCUT2D eigenvalue weighted by atomic mass is 32.1. The highest BCUT2D eigenvalue weighted by Crippen LogP contribution is 2.26. The lowest BCUT2D eigenvalue weighted by Crippen LogP contribution is -2.40. The Balaban J connectivity index is 2.11. The van der Waals surface area contributed by atoms with Crippen LogP contribution in [0.1, 0.15) is 29.4 Å². The number of carboxylic acid groups (broad SMARTS) is 1. The molecule has 2 N–H and O–H groups in total. The summed E-state index contributed by atoms with van der Waals surface area (Å²) in [6.45, 7) is 1.87. The van der Waals surface area contributed by atoms with E-state index in [0.717, 1.165) is 11.3 Å². The van der Waals surface area contributed by atoms with Crippen LogP contribution in [0.25, 0.3) is 10.6 Å². The zero-order valence-electron chi connectivity index (χ0n) is 12.9.